The molecule has 0 N–H and O–H groups in total. The second kappa shape index (κ2) is 7.84. The molecule has 132 valence electrons. The van der Waals surface area contributed by atoms with Gasteiger partial charge in [0.1, 0.15) is 12.4 Å². The van der Waals surface area contributed by atoms with Crippen molar-refractivity contribution in [2.45, 2.75) is 13.5 Å². The third-order valence-corrected chi connectivity index (χ3v) is 4.07. The molecule has 0 saturated carbocycles. The van der Waals surface area contributed by atoms with Gasteiger partial charge in [0, 0.05) is 10.6 Å². The summed E-state index contributed by atoms with van der Waals surface area (Å²) in [5.41, 5.74) is 1.88. The summed E-state index contributed by atoms with van der Waals surface area (Å²) in [6.07, 6.45) is 3.24. The Hall–Kier alpha value is -3.12. The number of ether oxygens (including phenoxy) is 1. The summed E-state index contributed by atoms with van der Waals surface area (Å²) in [5.74, 6) is 0.815. The maximum atomic E-state index is 11.0. The van der Waals surface area contributed by atoms with E-state index < -0.39 is 4.92 Å². The molecule has 26 heavy (non-hydrogen) atoms. The van der Waals surface area contributed by atoms with Crippen molar-refractivity contribution in [2.75, 3.05) is 0 Å². The van der Waals surface area contributed by atoms with Gasteiger partial charge >= 0.3 is 5.69 Å². The highest BCUT2D eigenvalue weighted by atomic mass is 35.5. The van der Waals surface area contributed by atoms with Crippen LogP contribution < -0.4 is 4.74 Å². The van der Waals surface area contributed by atoms with Gasteiger partial charge in [0.05, 0.1) is 4.92 Å². The number of aromatic nitrogens is 1. The Labute approximate surface area is 154 Å². The van der Waals surface area contributed by atoms with Gasteiger partial charge in [-0.1, -0.05) is 53.2 Å². The molecule has 0 unspecified atom stereocenters. The lowest BCUT2D eigenvalue weighted by Crippen LogP contribution is -1.95. The molecule has 3 rings (SSSR count). The van der Waals surface area contributed by atoms with Gasteiger partial charge < -0.3 is 9.26 Å². The molecular formula is C19H15ClN2O4. The van der Waals surface area contributed by atoms with Crippen LogP contribution in [0.3, 0.4) is 0 Å². The topological polar surface area (TPSA) is 78.4 Å². The van der Waals surface area contributed by atoms with E-state index in [-0.39, 0.29) is 17.1 Å². The van der Waals surface area contributed by atoms with Crippen LogP contribution in [0.4, 0.5) is 5.69 Å². The van der Waals surface area contributed by atoms with Gasteiger partial charge in [0.2, 0.25) is 5.76 Å². The van der Waals surface area contributed by atoms with E-state index in [1.54, 1.807) is 6.08 Å². The van der Waals surface area contributed by atoms with Crippen molar-refractivity contribution in [3.05, 3.63) is 86.2 Å². The minimum atomic E-state index is -0.503. The monoisotopic (exact) mass is 370 g/mol. The summed E-state index contributed by atoms with van der Waals surface area (Å²) < 4.78 is 10.7. The first kappa shape index (κ1) is 17.7. The molecule has 0 aliphatic carbocycles. The van der Waals surface area contributed by atoms with E-state index >= 15 is 0 Å². The Morgan fingerprint density at radius 2 is 1.92 bits per heavy atom. The van der Waals surface area contributed by atoms with Gasteiger partial charge in [-0.25, -0.2) is 0 Å². The molecule has 0 saturated heterocycles. The molecule has 2 aromatic carbocycles. The van der Waals surface area contributed by atoms with Crippen LogP contribution in [0, 0.1) is 17.0 Å². The Morgan fingerprint density at radius 3 is 2.62 bits per heavy atom. The SMILES string of the molecule is Cc1noc(C=Cc2ccc(OCc3ccccc3Cl)cc2)c1[N+](=O)[O-]. The highest BCUT2D eigenvalue weighted by molar-refractivity contribution is 6.31. The van der Waals surface area contributed by atoms with Gasteiger partial charge in [0.15, 0.2) is 5.69 Å². The van der Waals surface area contributed by atoms with Gasteiger partial charge in [-0.15, -0.1) is 0 Å². The zero-order valence-electron chi connectivity index (χ0n) is 13.9. The summed E-state index contributed by atoms with van der Waals surface area (Å²) in [6, 6.07) is 14.8. The second-order valence-electron chi connectivity index (χ2n) is 5.52. The average Bonchev–Trinajstić information content (AvgIpc) is 3.01. The summed E-state index contributed by atoms with van der Waals surface area (Å²) in [4.78, 5) is 10.5. The maximum Gasteiger partial charge on any atom is 0.338 e. The first-order chi connectivity index (χ1) is 12.5. The molecule has 0 atom stereocenters. The highest BCUT2D eigenvalue weighted by Gasteiger charge is 2.21. The van der Waals surface area contributed by atoms with E-state index in [0.29, 0.717) is 17.4 Å². The predicted molar refractivity (Wildman–Crippen MR) is 99.0 cm³/mol. The minimum absolute atomic E-state index is 0.117. The molecule has 6 nitrogen and oxygen atoms in total. The second-order valence-corrected chi connectivity index (χ2v) is 5.93. The van der Waals surface area contributed by atoms with Crippen molar-refractivity contribution in [1.29, 1.82) is 0 Å². The van der Waals surface area contributed by atoms with Crippen LogP contribution in [0.15, 0.2) is 53.1 Å². The number of halogens is 1. The Bertz CT molecular complexity index is 948. The summed E-state index contributed by atoms with van der Waals surface area (Å²) in [6.45, 7) is 1.91. The van der Waals surface area contributed by atoms with Crippen LogP contribution in [0.1, 0.15) is 22.6 Å². The smallest absolute Gasteiger partial charge is 0.338 e. The Balaban J connectivity index is 1.66. The van der Waals surface area contributed by atoms with Gasteiger partial charge in [0.25, 0.3) is 0 Å². The van der Waals surface area contributed by atoms with Crippen LogP contribution in [-0.4, -0.2) is 10.1 Å². The fraction of sp³-hybridized carbons (Fsp3) is 0.105. The number of benzene rings is 2. The van der Waals surface area contributed by atoms with E-state index in [1.165, 1.54) is 13.0 Å². The fourth-order valence-electron chi connectivity index (χ4n) is 2.34. The first-order valence-corrected chi connectivity index (χ1v) is 8.17. The average molecular weight is 371 g/mol. The van der Waals surface area contributed by atoms with E-state index in [2.05, 4.69) is 5.16 Å². The molecule has 0 bridgehead atoms. The third-order valence-electron chi connectivity index (χ3n) is 3.70. The van der Waals surface area contributed by atoms with Gasteiger partial charge in [-0.3, -0.25) is 10.1 Å². The van der Waals surface area contributed by atoms with E-state index in [4.69, 9.17) is 20.9 Å². The molecule has 0 aliphatic heterocycles. The third kappa shape index (κ3) is 4.10. The molecule has 0 amide bonds. The fourth-order valence-corrected chi connectivity index (χ4v) is 2.53. The van der Waals surface area contributed by atoms with Gasteiger partial charge in [-0.2, -0.15) is 0 Å². The maximum absolute atomic E-state index is 11.0. The Kier molecular flexibility index (Phi) is 5.34. The van der Waals surface area contributed by atoms with Crippen molar-refractivity contribution < 1.29 is 14.2 Å². The van der Waals surface area contributed by atoms with Crippen LogP contribution in [0.5, 0.6) is 5.75 Å². The van der Waals surface area contributed by atoms with Crippen LogP contribution in [0.2, 0.25) is 5.02 Å². The van der Waals surface area contributed by atoms with Crippen LogP contribution >= 0.6 is 11.6 Å². The molecule has 7 heteroatoms. The van der Waals surface area contributed by atoms with Crippen LogP contribution in [-0.2, 0) is 6.61 Å². The summed E-state index contributed by atoms with van der Waals surface area (Å²) in [7, 11) is 0. The van der Waals surface area contributed by atoms with E-state index in [1.807, 2.05) is 48.5 Å². The number of nitro groups is 1. The highest BCUT2D eigenvalue weighted by Crippen LogP contribution is 2.25. The normalized spacial score (nSPS) is 11.0. The largest absolute Gasteiger partial charge is 0.489 e. The standard InChI is InChI=1S/C19H15ClN2O4/c1-13-19(22(23)24)18(26-21-13)11-8-14-6-9-16(10-7-14)25-12-15-4-2-3-5-17(15)20/h2-11H,12H2,1H3. The molecule has 0 spiro atoms. The van der Waals surface area contributed by atoms with Crippen molar-refractivity contribution in [1.82, 2.24) is 5.16 Å². The summed E-state index contributed by atoms with van der Waals surface area (Å²) in [5, 5.41) is 15.3. The Morgan fingerprint density at radius 1 is 1.19 bits per heavy atom. The molecule has 0 radical (unpaired) electrons. The molecule has 0 aliphatic rings. The van der Waals surface area contributed by atoms with E-state index in [9.17, 15) is 10.1 Å². The summed E-state index contributed by atoms with van der Waals surface area (Å²) >= 11 is 6.10. The molecular weight excluding hydrogens is 356 g/mol. The minimum Gasteiger partial charge on any atom is -0.489 e. The van der Waals surface area contributed by atoms with Crippen molar-refractivity contribution >= 4 is 29.4 Å². The number of hydrogen-bond donors (Lipinski definition) is 0. The lowest BCUT2D eigenvalue weighted by Gasteiger charge is -2.07. The van der Waals surface area contributed by atoms with Crippen LogP contribution in [0.25, 0.3) is 12.2 Å². The van der Waals surface area contributed by atoms with Crippen molar-refractivity contribution in [2.24, 2.45) is 0 Å². The molecule has 1 aromatic heterocycles. The lowest BCUT2D eigenvalue weighted by atomic mass is 10.2. The van der Waals surface area contributed by atoms with E-state index in [0.717, 1.165) is 11.1 Å². The zero-order chi connectivity index (χ0) is 18.5. The lowest BCUT2D eigenvalue weighted by molar-refractivity contribution is -0.386. The quantitative estimate of drug-likeness (QED) is 0.435. The zero-order valence-corrected chi connectivity index (χ0v) is 14.6. The molecule has 3 aromatic rings. The van der Waals surface area contributed by atoms with Crippen molar-refractivity contribution in [3.63, 3.8) is 0 Å². The van der Waals surface area contributed by atoms with Gasteiger partial charge in [-0.05, 0) is 36.8 Å². The number of aryl methyl sites for hydroxylation is 1. The van der Waals surface area contributed by atoms with Crippen molar-refractivity contribution in [3.8, 4) is 5.75 Å². The molecule has 1 heterocycles. The number of rotatable bonds is 6. The number of nitrogens with zero attached hydrogens (tertiary/aromatic N) is 2. The first-order valence-electron chi connectivity index (χ1n) is 7.79. The predicted octanol–water partition coefficient (Wildman–Crippen LogP) is 5.29. The molecule has 0 fully saturated rings. The number of hydrogen-bond acceptors (Lipinski definition) is 5.